The summed E-state index contributed by atoms with van der Waals surface area (Å²) >= 11 is 1.54. The summed E-state index contributed by atoms with van der Waals surface area (Å²) in [5, 5.41) is 1.83. The summed E-state index contributed by atoms with van der Waals surface area (Å²) in [6.07, 6.45) is 1.57. The highest BCUT2D eigenvalue weighted by molar-refractivity contribution is 7.10. The predicted molar refractivity (Wildman–Crippen MR) is 61.1 cm³/mol. The molecule has 2 heterocycles. The van der Waals surface area contributed by atoms with E-state index in [0.29, 0.717) is 16.9 Å². The number of carbonyl (C=O) groups excluding carboxylic acids is 1. The minimum atomic E-state index is -0.113. The molecule has 2 aromatic heterocycles. The third-order valence-corrected chi connectivity index (χ3v) is 2.91. The Morgan fingerprint density at radius 2 is 2.33 bits per heavy atom. The van der Waals surface area contributed by atoms with Gasteiger partial charge in [0.05, 0.1) is 5.69 Å². The molecule has 0 spiro atoms. The second-order valence-electron chi connectivity index (χ2n) is 3.22. The Morgan fingerprint density at radius 3 is 2.93 bits per heavy atom. The lowest BCUT2D eigenvalue weighted by molar-refractivity contribution is 0.103. The van der Waals surface area contributed by atoms with E-state index in [9.17, 15) is 4.79 Å². The number of nitrogens with two attached hydrogens (primary N) is 1. The van der Waals surface area contributed by atoms with Gasteiger partial charge in [0.25, 0.3) is 0 Å². The maximum Gasteiger partial charge on any atom is 0.214 e. The van der Waals surface area contributed by atoms with Gasteiger partial charge in [0, 0.05) is 22.0 Å². The molecule has 0 saturated carbocycles. The van der Waals surface area contributed by atoms with Crippen molar-refractivity contribution >= 4 is 22.8 Å². The molecule has 3 nitrogen and oxygen atoms in total. The van der Waals surface area contributed by atoms with Gasteiger partial charge >= 0.3 is 0 Å². The highest BCUT2D eigenvalue weighted by Gasteiger charge is 2.14. The van der Waals surface area contributed by atoms with E-state index >= 15 is 0 Å². The van der Waals surface area contributed by atoms with Crippen LogP contribution < -0.4 is 5.73 Å². The first-order chi connectivity index (χ1) is 7.18. The zero-order valence-corrected chi connectivity index (χ0v) is 9.04. The highest BCUT2D eigenvalue weighted by Crippen LogP contribution is 2.18. The molecule has 0 fully saturated rings. The maximum atomic E-state index is 11.9. The van der Waals surface area contributed by atoms with Gasteiger partial charge in [-0.1, -0.05) is 0 Å². The van der Waals surface area contributed by atoms with Gasteiger partial charge in [0.15, 0.2) is 0 Å². The molecule has 0 aliphatic carbocycles. The molecule has 0 aliphatic heterocycles. The highest BCUT2D eigenvalue weighted by atomic mass is 32.1. The predicted octanol–water partition coefficient (Wildman–Crippen LogP) is 2.26. The second-order valence-corrected chi connectivity index (χ2v) is 4.33. The van der Waals surface area contributed by atoms with Gasteiger partial charge in [-0.2, -0.15) is 0 Å². The number of carbonyl (C=O) groups is 1. The van der Waals surface area contributed by atoms with Crippen LogP contribution in [-0.4, -0.2) is 10.8 Å². The number of nitrogen functional groups attached to an aromatic ring is 1. The zero-order valence-electron chi connectivity index (χ0n) is 8.23. The standard InChI is InChI=1S/C11H10N2OS/c1-7-5-8(6-15-7)11(14)10-9(12)3-2-4-13-10/h2-6H,12H2,1H3. The minimum Gasteiger partial charge on any atom is -0.397 e. The first kappa shape index (κ1) is 9.86. The lowest BCUT2D eigenvalue weighted by atomic mass is 10.1. The molecule has 15 heavy (non-hydrogen) atoms. The minimum absolute atomic E-state index is 0.113. The summed E-state index contributed by atoms with van der Waals surface area (Å²) < 4.78 is 0. The summed E-state index contributed by atoms with van der Waals surface area (Å²) in [6.45, 7) is 1.96. The molecule has 4 heteroatoms. The maximum absolute atomic E-state index is 11.9. The van der Waals surface area contributed by atoms with Crippen molar-refractivity contribution in [1.82, 2.24) is 4.98 Å². The van der Waals surface area contributed by atoms with Gasteiger partial charge < -0.3 is 5.73 Å². The van der Waals surface area contributed by atoms with Crippen LogP contribution in [0.5, 0.6) is 0 Å². The second kappa shape index (κ2) is 3.82. The van der Waals surface area contributed by atoms with E-state index < -0.39 is 0 Å². The number of ketones is 1. The molecule has 2 N–H and O–H groups in total. The third kappa shape index (κ3) is 1.89. The van der Waals surface area contributed by atoms with Gasteiger partial charge in [-0.25, -0.2) is 0 Å². The Hall–Kier alpha value is -1.68. The topological polar surface area (TPSA) is 56.0 Å². The summed E-state index contributed by atoms with van der Waals surface area (Å²) in [4.78, 5) is 17.0. The number of pyridine rings is 1. The van der Waals surface area contributed by atoms with Crippen LogP contribution in [0.4, 0.5) is 5.69 Å². The van der Waals surface area contributed by atoms with Gasteiger partial charge in [-0.3, -0.25) is 9.78 Å². The van der Waals surface area contributed by atoms with Crippen molar-refractivity contribution in [3.8, 4) is 0 Å². The van der Waals surface area contributed by atoms with Crippen LogP contribution in [0.1, 0.15) is 20.9 Å². The van der Waals surface area contributed by atoms with Crippen LogP contribution >= 0.6 is 11.3 Å². The quantitative estimate of drug-likeness (QED) is 0.787. The number of aromatic nitrogens is 1. The van der Waals surface area contributed by atoms with Crippen molar-refractivity contribution in [2.75, 3.05) is 5.73 Å². The fraction of sp³-hybridized carbons (Fsp3) is 0.0909. The van der Waals surface area contributed by atoms with E-state index in [2.05, 4.69) is 4.98 Å². The van der Waals surface area contributed by atoms with Crippen molar-refractivity contribution < 1.29 is 4.79 Å². The van der Waals surface area contributed by atoms with Crippen LogP contribution in [0, 0.1) is 6.92 Å². The van der Waals surface area contributed by atoms with Gasteiger partial charge in [0.2, 0.25) is 5.78 Å². The average Bonchev–Trinajstić information content (AvgIpc) is 2.65. The smallest absolute Gasteiger partial charge is 0.214 e. The van der Waals surface area contributed by atoms with E-state index in [-0.39, 0.29) is 5.78 Å². The lowest BCUT2D eigenvalue weighted by Crippen LogP contribution is -2.06. The summed E-state index contributed by atoms with van der Waals surface area (Å²) in [5.41, 5.74) is 7.09. The molecule has 0 radical (unpaired) electrons. The number of aryl methyl sites for hydroxylation is 1. The molecule has 2 aromatic rings. The molecule has 76 valence electrons. The Bertz CT molecular complexity index is 505. The van der Waals surface area contributed by atoms with E-state index in [0.717, 1.165) is 4.88 Å². The molecular formula is C11H10N2OS. The average molecular weight is 218 g/mol. The van der Waals surface area contributed by atoms with Crippen LogP contribution in [0.15, 0.2) is 29.8 Å². The number of thiophene rings is 1. The van der Waals surface area contributed by atoms with Crippen LogP contribution in [-0.2, 0) is 0 Å². The van der Waals surface area contributed by atoms with Crippen molar-refractivity contribution in [2.45, 2.75) is 6.92 Å². The lowest BCUT2D eigenvalue weighted by Gasteiger charge is -2.00. The first-order valence-electron chi connectivity index (χ1n) is 4.49. The molecule has 0 aliphatic rings. The summed E-state index contributed by atoms with van der Waals surface area (Å²) in [6, 6.07) is 5.24. The van der Waals surface area contributed by atoms with E-state index in [1.807, 2.05) is 18.4 Å². The Morgan fingerprint density at radius 1 is 1.53 bits per heavy atom. The van der Waals surface area contributed by atoms with E-state index in [4.69, 9.17) is 5.73 Å². The van der Waals surface area contributed by atoms with Crippen molar-refractivity contribution in [3.05, 3.63) is 45.9 Å². The Balaban J connectivity index is 2.41. The fourth-order valence-corrected chi connectivity index (χ4v) is 1.99. The number of nitrogens with zero attached hydrogens (tertiary/aromatic N) is 1. The summed E-state index contributed by atoms with van der Waals surface area (Å²) in [5.74, 6) is -0.113. The van der Waals surface area contributed by atoms with Crippen molar-refractivity contribution in [1.29, 1.82) is 0 Å². The Labute approximate surface area is 91.6 Å². The summed E-state index contributed by atoms with van der Waals surface area (Å²) in [7, 11) is 0. The molecule has 0 unspecified atom stereocenters. The van der Waals surface area contributed by atoms with Crippen LogP contribution in [0.25, 0.3) is 0 Å². The van der Waals surface area contributed by atoms with Gasteiger partial charge in [0.1, 0.15) is 5.69 Å². The monoisotopic (exact) mass is 218 g/mol. The Kier molecular flexibility index (Phi) is 2.51. The zero-order chi connectivity index (χ0) is 10.8. The first-order valence-corrected chi connectivity index (χ1v) is 5.37. The number of hydrogen-bond donors (Lipinski definition) is 1. The normalized spacial score (nSPS) is 10.2. The van der Waals surface area contributed by atoms with E-state index in [1.54, 1.807) is 29.7 Å². The molecule has 0 amide bonds. The van der Waals surface area contributed by atoms with Crippen LogP contribution in [0.2, 0.25) is 0 Å². The van der Waals surface area contributed by atoms with E-state index in [1.165, 1.54) is 0 Å². The molecular weight excluding hydrogens is 208 g/mol. The van der Waals surface area contributed by atoms with Crippen molar-refractivity contribution in [3.63, 3.8) is 0 Å². The third-order valence-electron chi connectivity index (χ3n) is 2.05. The van der Waals surface area contributed by atoms with Crippen LogP contribution in [0.3, 0.4) is 0 Å². The molecule has 0 aromatic carbocycles. The largest absolute Gasteiger partial charge is 0.397 e. The van der Waals surface area contributed by atoms with Gasteiger partial charge in [-0.15, -0.1) is 11.3 Å². The molecule has 0 bridgehead atoms. The number of anilines is 1. The molecule has 2 rings (SSSR count). The molecule has 0 saturated heterocycles. The number of hydrogen-bond acceptors (Lipinski definition) is 4. The molecule has 0 atom stereocenters. The van der Waals surface area contributed by atoms with Gasteiger partial charge in [-0.05, 0) is 25.1 Å². The number of rotatable bonds is 2. The SMILES string of the molecule is Cc1cc(C(=O)c2ncccc2N)cs1. The fourth-order valence-electron chi connectivity index (χ4n) is 1.31. The van der Waals surface area contributed by atoms with Crippen molar-refractivity contribution in [2.24, 2.45) is 0 Å².